The molecule has 2 rings (SSSR count). The molecule has 0 saturated carbocycles. The van der Waals surface area contributed by atoms with Crippen molar-refractivity contribution in [1.29, 1.82) is 5.26 Å². The fourth-order valence-electron chi connectivity index (χ4n) is 1.98. The van der Waals surface area contributed by atoms with Crippen molar-refractivity contribution < 1.29 is 18.7 Å². The largest absolute Gasteiger partial charge is 0.488 e. The van der Waals surface area contributed by atoms with Gasteiger partial charge in [0.05, 0.1) is 11.1 Å². The van der Waals surface area contributed by atoms with E-state index in [-0.39, 0.29) is 18.0 Å². The topological polar surface area (TPSA) is 59.3 Å². The lowest BCUT2D eigenvalue weighted by Gasteiger charge is -2.09. The van der Waals surface area contributed by atoms with E-state index >= 15 is 0 Å². The summed E-state index contributed by atoms with van der Waals surface area (Å²) >= 11 is 3.40. The molecule has 0 aliphatic rings. The molecule has 0 aromatic heterocycles. The minimum Gasteiger partial charge on any atom is -0.488 e. The zero-order valence-corrected chi connectivity index (χ0v) is 15.0. The Hall–Kier alpha value is -2.65. The maximum absolute atomic E-state index is 12.9. The van der Waals surface area contributed by atoms with Crippen LogP contribution >= 0.6 is 15.9 Å². The SMILES string of the molecule is CCOC(=O)/C(C#N)=C/c1ccc(OCc2ccc(F)cc2)c(Br)c1. The van der Waals surface area contributed by atoms with Gasteiger partial charge in [0, 0.05) is 0 Å². The van der Waals surface area contributed by atoms with Crippen LogP contribution in [0.2, 0.25) is 0 Å². The predicted octanol–water partition coefficient (Wildman–Crippen LogP) is 4.64. The summed E-state index contributed by atoms with van der Waals surface area (Å²) < 4.78 is 24.1. The van der Waals surface area contributed by atoms with Gasteiger partial charge in [-0.1, -0.05) is 18.2 Å². The van der Waals surface area contributed by atoms with Gasteiger partial charge in [-0.2, -0.15) is 5.26 Å². The molecule has 2 aromatic rings. The Labute approximate surface area is 153 Å². The maximum Gasteiger partial charge on any atom is 0.348 e. The summed E-state index contributed by atoms with van der Waals surface area (Å²) in [6, 6.07) is 13.1. The van der Waals surface area contributed by atoms with E-state index in [0.717, 1.165) is 5.56 Å². The Morgan fingerprint density at radius 1 is 1.28 bits per heavy atom. The third kappa shape index (κ3) is 5.44. The van der Waals surface area contributed by atoms with E-state index in [0.29, 0.717) is 22.4 Å². The van der Waals surface area contributed by atoms with Crippen molar-refractivity contribution >= 4 is 28.0 Å². The molecule has 0 amide bonds. The molecule has 0 bridgehead atoms. The van der Waals surface area contributed by atoms with Gasteiger partial charge in [-0.3, -0.25) is 0 Å². The highest BCUT2D eigenvalue weighted by Gasteiger charge is 2.10. The van der Waals surface area contributed by atoms with Crippen molar-refractivity contribution in [3.05, 3.63) is 69.5 Å². The van der Waals surface area contributed by atoms with Crippen molar-refractivity contribution in [1.82, 2.24) is 0 Å². The highest BCUT2D eigenvalue weighted by atomic mass is 79.9. The van der Waals surface area contributed by atoms with Gasteiger partial charge in [-0.25, -0.2) is 9.18 Å². The second-order valence-electron chi connectivity index (χ2n) is 5.00. The summed E-state index contributed by atoms with van der Waals surface area (Å²) in [5, 5.41) is 9.06. The van der Waals surface area contributed by atoms with Crippen molar-refractivity contribution in [3.63, 3.8) is 0 Å². The van der Waals surface area contributed by atoms with E-state index in [4.69, 9.17) is 14.7 Å². The van der Waals surface area contributed by atoms with E-state index < -0.39 is 5.97 Å². The lowest BCUT2D eigenvalue weighted by molar-refractivity contribution is -0.137. The Morgan fingerprint density at radius 2 is 2.00 bits per heavy atom. The van der Waals surface area contributed by atoms with Gasteiger partial charge in [0.1, 0.15) is 29.8 Å². The molecule has 2 aromatic carbocycles. The quantitative estimate of drug-likeness (QED) is 0.400. The highest BCUT2D eigenvalue weighted by molar-refractivity contribution is 9.10. The zero-order valence-electron chi connectivity index (χ0n) is 13.5. The summed E-state index contributed by atoms with van der Waals surface area (Å²) in [7, 11) is 0. The molecule has 6 heteroatoms. The number of carbonyl (C=O) groups is 1. The van der Waals surface area contributed by atoms with Crippen molar-refractivity contribution in [2.45, 2.75) is 13.5 Å². The van der Waals surface area contributed by atoms with Crippen molar-refractivity contribution in [2.24, 2.45) is 0 Å². The van der Waals surface area contributed by atoms with Crippen LogP contribution in [0.4, 0.5) is 4.39 Å². The summed E-state index contributed by atoms with van der Waals surface area (Å²) in [6.07, 6.45) is 1.45. The molecule has 0 N–H and O–H groups in total. The summed E-state index contributed by atoms with van der Waals surface area (Å²) in [5.74, 6) is -0.357. The molecule has 0 heterocycles. The molecule has 0 aliphatic heterocycles. The van der Waals surface area contributed by atoms with Crippen LogP contribution in [0.3, 0.4) is 0 Å². The lowest BCUT2D eigenvalue weighted by atomic mass is 10.1. The van der Waals surface area contributed by atoms with Gasteiger partial charge >= 0.3 is 5.97 Å². The molecule has 0 fully saturated rings. The predicted molar refractivity (Wildman–Crippen MR) is 95.1 cm³/mol. The molecular weight excluding hydrogens is 389 g/mol. The molecule has 0 aliphatic carbocycles. The monoisotopic (exact) mass is 403 g/mol. The molecule has 0 radical (unpaired) electrons. The van der Waals surface area contributed by atoms with Crippen LogP contribution in [-0.2, 0) is 16.1 Å². The maximum atomic E-state index is 12.9. The van der Waals surface area contributed by atoms with Crippen LogP contribution in [0.15, 0.2) is 52.5 Å². The van der Waals surface area contributed by atoms with E-state index in [2.05, 4.69) is 15.9 Å². The molecule has 25 heavy (non-hydrogen) atoms. The van der Waals surface area contributed by atoms with Crippen molar-refractivity contribution in [2.75, 3.05) is 6.61 Å². The van der Waals surface area contributed by atoms with Crippen LogP contribution < -0.4 is 4.74 Å². The van der Waals surface area contributed by atoms with Gasteiger partial charge in [-0.05, 0) is 64.3 Å². The summed E-state index contributed by atoms with van der Waals surface area (Å²) in [5.41, 5.74) is 1.42. The smallest absolute Gasteiger partial charge is 0.348 e. The number of carbonyl (C=O) groups excluding carboxylic acids is 1. The fourth-order valence-corrected chi connectivity index (χ4v) is 2.49. The minimum absolute atomic E-state index is 0.0752. The number of benzene rings is 2. The first-order chi connectivity index (χ1) is 12.0. The number of hydrogen-bond acceptors (Lipinski definition) is 4. The number of nitriles is 1. The third-order valence-electron chi connectivity index (χ3n) is 3.19. The number of halogens is 2. The Kier molecular flexibility index (Phi) is 6.72. The molecule has 0 atom stereocenters. The van der Waals surface area contributed by atoms with Gasteiger partial charge in [0.25, 0.3) is 0 Å². The van der Waals surface area contributed by atoms with E-state index in [1.54, 1.807) is 37.3 Å². The third-order valence-corrected chi connectivity index (χ3v) is 3.81. The van der Waals surface area contributed by atoms with Crippen LogP contribution in [0, 0.1) is 17.1 Å². The highest BCUT2D eigenvalue weighted by Crippen LogP contribution is 2.28. The number of ether oxygens (including phenoxy) is 2. The zero-order chi connectivity index (χ0) is 18.2. The van der Waals surface area contributed by atoms with Gasteiger partial charge in [0.2, 0.25) is 0 Å². The Balaban J connectivity index is 2.10. The van der Waals surface area contributed by atoms with Gasteiger partial charge in [-0.15, -0.1) is 0 Å². The van der Waals surface area contributed by atoms with Crippen LogP contribution in [0.1, 0.15) is 18.1 Å². The summed E-state index contributed by atoms with van der Waals surface area (Å²) in [6.45, 7) is 2.18. The van der Waals surface area contributed by atoms with E-state index in [1.807, 2.05) is 6.07 Å². The van der Waals surface area contributed by atoms with E-state index in [9.17, 15) is 9.18 Å². The molecule has 0 spiro atoms. The second kappa shape index (κ2) is 9.00. The molecular formula is C19H15BrFNO3. The molecule has 4 nitrogen and oxygen atoms in total. The molecule has 0 unspecified atom stereocenters. The standard InChI is InChI=1S/C19H15BrFNO3/c1-2-24-19(23)15(11-22)9-14-5-8-18(17(20)10-14)25-12-13-3-6-16(21)7-4-13/h3-10H,2,12H2,1H3/b15-9+. The average Bonchev–Trinajstić information content (AvgIpc) is 2.60. The number of nitrogens with zero attached hydrogens (tertiary/aromatic N) is 1. The van der Waals surface area contributed by atoms with Gasteiger partial charge < -0.3 is 9.47 Å². The van der Waals surface area contributed by atoms with Crippen LogP contribution in [-0.4, -0.2) is 12.6 Å². The molecule has 0 saturated heterocycles. The number of hydrogen-bond donors (Lipinski definition) is 0. The first-order valence-corrected chi connectivity index (χ1v) is 8.28. The Bertz CT molecular complexity index is 826. The fraction of sp³-hybridized carbons (Fsp3) is 0.158. The minimum atomic E-state index is -0.655. The first kappa shape index (κ1) is 18.7. The normalized spacial score (nSPS) is 10.9. The van der Waals surface area contributed by atoms with E-state index in [1.165, 1.54) is 18.2 Å². The Morgan fingerprint density at radius 3 is 2.60 bits per heavy atom. The van der Waals surface area contributed by atoms with Crippen LogP contribution in [0.5, 0.6) is 5.75 Å². The van der Waals surface area contributed by atoms with Crippen LogP contribution in [0.25, 0.3) is 6.08 Å². The second-order valence-corrected chi connectivity index (χ2v) is 5.85. The number of esters is 1. The van der Waals surface area contributed by atoms with Crippen molar-refractivity contribution in [3.8, 4) is 11.8 Å². The molecule has 128 valence electrons. The van der Waals surface area contributed by atoms with Gasteiger partial charge in [0.15, 0.2) is 0 Å². The lowest BCUT2D eigenvalue weighted by Crippen LogP contribution is -2.06. The summed E-state index contributed by atoms with van der Waals surface area (Å²) in [4.78, 5) is 11.6. The first-order valence-electron chi connectivity index (χ1n) is 7.49. The number of rotatable bonds is 6. The average molecular weight is 404 g/mol.